The number of imidazole rings is 1. The molecule has 0 aromatic carbocycles. The third-order valence-electron chi connectivity index (χ3n) is 2.48. The maximum Gasteiger partial charge on any atom is 0.120 e. The van der Waals surface area contributed by atoms with Crippen molar-refractivity contribution in [2.24, 2.45) is 0 Å². The Balaban J connectivity index is 2.04. The van der Waals surface area contributed by atoms with Crippen molar-refractivity contribution in [3.8, 4) is 0 Å². The number of fused-ring (bicyclic) bond motifs is 1. The van der Waals surface area contributed by atoms with Gasteiger partial charge in [0.2, 0.25) is 0 Å². The highest BCUT2D eigenvalue weighted by molar-refractivity contribution is 6.30. The van der Waals surface area contributed by atoms with Crippen LogP contribution in [0.15, 0.2) is 47.3 Å². The molecule has 0 spiro atoms. The van der Waals surface area contributed by atoms with E-state index in [1.165, 1.54) is 0 Å². The van der Waals surface area contributed by atoms with E-state index in [2.05, 4.69) is 4.98 Å². The summed E-state index contributed by atoms with van der Waals surface area (Å²) in [6, 6.07) is 7.56. The Morgan fingerprint density at radius 1 is 1.38 bits per heavy atom. The van der Waals surface area contributed by atoms with Gasteiger partial charge in [0.05, 0.1) is 24.4 Å². The first-order valence-corrected chi connectivity index (χ1v) is 5.34. The zero-order chi connectivity index (χ0) is 11.0. The lowest BCUT2D eigenvalue weighted by molar-refractivity contribution is 0.516. The van der Waals surface area contributed by atoms with Crippen LogP contribution < -0.4 is 0 Å². The molecule has 0 N–H and O–H groups in total. The second kappa shape index (κ2) is 3.68. The van der Waals surface area contributed by atoms with Crippen LogP contribution in [0.1, 0.15) is 11.6 Å². The molecule has 0 aliphatic rings. The van der Waals surface area contributed by atoms with Gasteiger partial charge in [0.15, 0.2) is 0 Å². The number of hydrogen-bond donors (Lipinski definition) is 0. The number of nitrogens with zero attached hydrogens (tertiary/aromatic N) is 2. The van der Waals surface area contributed by atoms with Crippen molar-refractivity contribution >= 4 is 17.1 Å². The van der Waals surface area contributed by atoms with Gasteiger partial charge in [-0.05, 0) is 24.3 Å². The number of hydrogen-bond acceptors (Lipinski definition) is 2. The molecule has 0 bridgehead atoms. The Labute approximate surface area is 97.3 Å². The molecule has 3 aromatic rings. The first-order valence-electron chi connectivity index (χ1n) is 4.97. The van der Waals surface area contributed by atoms with Gasteiger partial charge in [-0.15, -0.1) is 0 Å². The Hall–Kier alpha value is -1.74. The van der Waals surface area contributed by atoms with Crippen LogP contribution in [-0.2, 0) is 6.42 Å². The molecule has 0 saturated heterocycles. The van der Waals surface area contributed by atoms with Gasteiger partial charge in [0.25, 0.3) is 0 Å². The normalized spacial score (nSPS) is 11.1. The summed E-state index contributed by atoms with van der Waals surface area (Å²) in [4.78, 5) is 4.36. The molecule has 0 aliphatic carbocycles. The molecule has 0 atom stereocenters. The third kappa shape index (κ3) is 1.59. The molecule has 3 nitrogen and oxygen atoms in total. The van der Waals surface area contributed by atoms with Crippen molar-refractivity contribution < 1.29 is 4.42 Å². The first kappa shape index (κ1) is 9.48. The van der Waals surface area contributed by atoms with Crippen LogP contribution >= 0.6 is 11.6 Å². The summed E-state index contributed by atoms with van der Waals surface area (Å²) < 4.78 is 7.31. The van der Waals surface area contributed by atoms with Gasteiger partial charge in [-0.2, -0.15) is 0 Å². The van der Waals surface area contributed by atoms with Crippen LogP contribution in [0, 0.1) is 0 Å². The second-order valence-electron chi connectivity index (χ2n) is 3.57. The summed E-state index contributed by atoms with van der Waals surface area (Å²) in [7, 11) is 0. The zero-order valence-electron chi connectivity index (χ0n) is 8.43. The first-order chi connectivity index (χ1) is 7.83. The van der Waals surface area contributed by atoms with Crippen molar-refractivity contribution in [2.75, 3.05) is 0 Å². The van der Waals surface area contributed by atoms with Gasteiger partial charge < -0.3 is 8.82 Å². The number of pyridine rings is 1. The molecule has 3 heterocycles. The summed E-state index contributed by atoms with van der Waals surface area (Å²) >= 11 is 5.91. The van der Waals surface area contributed by atoms with E-state index < -0.39 is 0 Å². The predicted octanol–water partition coefficient (Wildman–Crippen LogP) is 3.17. The maximum atomic E-state index is 5.91. The highest BCUT2D eigenvalue weighted by Gasteiger charge is 2.06. The summed E-state index contributed by atoms with van der Waals surface area (Å²) in [5, 5.41) is 0.719. The van der Waals surface area contributed by atoms with E-state index in [0.29, 0.717) is 6.42 Å². The van der Waals surface area contributed by atoms with Crippen LogP contribution in [0.5, 0.6) is 0 Å². The van der Waals surface area contributed by atoms with Gasteiger partial charge >= 0.3 is 0 Å². The van der Waals surface area contributed by atoms with E-state index in [4.69, 9.17) is 16.0 Å². The van der Waals surface area contributed by atoms with Gasteiger partial charge in [-0.25, -0.2) is 4.98 Å². The zero-order valence-corrected chi connectivity index (χ0v) is 9.19. The van der Waals surface area contributed by atoms with E-state index in [1.54, 1.807) is 6.26 Å². The van der Waals surface area contributed by atoms with Gasteiger partial charge in [0, 0.05) is 11.2 Å². The molecule has 0 fully saturated rings. The molecule has 0 unspecified atom stereocenters. The lowest BCUT2D eigenvalue weighted by atomic mass is 10.3. The molecular weight excluding hydrogens is 224 g/mol. The monoisotopic (exact) mass is 232 g/mol. The summed E-state index contributed by atoms with van der Waals surface area (Å²) in [5.41, 5.74) is 0.994. The Morgan fingerprint density at radius 3 is 3.12 bits per heavy atom. The summed E-state index contributed by atoms with van der Waals surface area (Å²) in [5.74, 6) is 1.85. The standard InChI is InChI=1S/C12H9ClN2O/c13-9-3-4-15-10(6-9)8-14-12(15)7-11-2-1-5-16-11/h1-6,8H,7H2. The molecule has 0 amide bonds. The van der Waals surface area contributed by atoms with Crippen molar-refractivity contribution in [2.45, 2.75) is 6.42 Å². The van der Waals surface area contributed by atoms with Crippen LogP contribution in [0.3, 0.4) is 0 Å². The number of aromatic nitrogens is 2. The lowest BCUT2D eigenvalue weighted by Gasteiger charge is -1.99. The largest absolute Gasteiger partial charge is 0.469 e. The summed E-state index contributed by atoms with van der Waals surface area (Å²) in [6.45, 7) is 0. The maximum absolute atomic E-state index is 5.91. The third-order valence-corrected chi connectivity index (χ3v) is 2.72. The Kier molecular flexibility index (Phi) is 2.18. The fourth-order valence-electron chi connectivity index (χ4n) is 1.73. The number of furan rings is 1. The van der Waals surface area contributed by atoms with E-state index >= 15 is 0 Å². The molecule has 80 valence electrons. The molecule has 0 aliphatic heterocycles. The Morgan fingerprint density at radius 2 is 2.31 bits per heavy atom. The molecule has 3 rings (SSSR count). The SMILES string of the molecule is Clc1ccn2c(Cc3ccco3)ncc2c1. The van der Waals surface area contributed by atoms with Crippen molar-refractivity contribution in [1.82, 2.24) is 9.38 Å². The summed E-state index contributed by atoms with van der Waals surface area (Å²) in [6.07, 6.45) is 6.08. The topological polar surface area (TPSA) is 30.4 Å². The highest BCUT2D eigenvalue weighted by Crippen LogP contribution is 2.16. The van der Waals surface area contributed by atoms with Crippen LogP contribution in [0.25, 0.3) is 5.52 Å². The molecular formula is C12H9ClN2O. The van der Waals surface area contributed by atoms with E-state index in [9.17, 15) is 0 Å². The van der Waals surface area contributed by atoms with Gasteiger partial charge in [0.1, 0.15) is 11.6 Å². The quantitative estimate of drug-likeness (QED) is 0.679. The van der Waals surface area contributed by atoms with E-state index in [-0.39, 0.29) is 0 Å². The van der Waals surface area contributed by atoms with E-state index in [1.807, 2.05) is 41.1 Å². The smallest absolute Gasteiger partial charge is 0.120 e. The van der Waals surface area contributed by atoms with Crippen molar-refractivity contribution in [3.05, 3.63) is 59.5 Å². The average Bonchev–Trinajstić information content (AvgIpc) is 2.89. The highest BCUT2D eigenvalue weighted by atomic mass is 35.5. The number of halogens is 1. The molecule has 0 saturated carbocycles. The average molecular weight is 233 g/mol. The lowest BCUT2D eigenvalue weighted by Crippen LogP contribution is -1.94. The van der Waals surface area contributed by atoms with Crippen LogP contribution in [0.4, 0.5) is 0 Å². The number of rotatable bonds is 2. The minimum absolute atomic E-state index is 0.683. The fourth-order valence-corrected chi connectivity index (χ4v) is 1.90. The molecule has 3 aromatic heterocycles. The van der Waals surface area contributed by atoms with E-state index in [0.717, 1.165) is 22.1 Å². The molecule has 4 heteroatoms. The minimum Gasteiger partial charge on any atom is -0.469 e. The minimum atomic E-state index is 0.683. The fraction of sp³-hybridized carbons (Fsp3) is 0.0833. The molecule has 0 radical (unpaired) electrons. The Bertz CT molecular complexity index is 613. The molecule has 16 heavy (non-hydrogen) atoms. The van der Waals surface area contributed by atoms with Crippen molar-refractivity contribution in [3.63, 3.8) is 0 Å². The van der Waals surface area contributed by atoms with Crippen molar-refractivity contribution in [1.29, 1.82) is 0 Å². The van der Waals surface area contributed by atoms with Crippen LogP contribution in [0.2, 0.25) is 5.02 Å². The van der Waals surface area contributed by atoms with Crippen LogP contribution in [-0.4, -0.2) is 9.38 Å². The second-order valence-corrected chi connectivity index (χ2v) is 4.01. The van der Waals surface area contributed by atoms with Gasteiger partial charge in [-0.3, -0.25) is 0 Å². The van der Waals surface area contributed by atoms with Gasteiger partial charge in [-0.1, -0.05) is 11.6 Å². The predicted molar refractivity (Wildman–Crippen MR) is 61.7 cm³/mol.